The van der Waals surface area contributed by atoms with E-state index in [1.807, 2.05) is 18.2 Å². The van der Waals surface area contributed by atoms with Gasteiger partial charge in [-0.15, -0.1) is 10.2 Å². The number of aromatic nitrogens is 3. The predicted octanol–water partition coefficient (Wildman–Crippen LogP) is 2.32. The lowest BCUT2D eigenvalue weighted by molar-refractivity contribution is 0.411. The van der Waals surface area contributed by atoms with Crippen LogP contribution < -0.4 is 20.1 Å². The summed E-state index contributed by atoms with van der Waals surface area (Å²) < 4.78 is 32.5. The van der Waals surface area contributed by atoms with Gasteiger partial charge in [0, 0.05) is 19.3 Å². The summed E-state index contributed by atoms with van der Waals surface area (Å²) >= 11 is 0. The maximum atomic E-state index is 12.4. The van der Waals surface area contributed by atoms with Gasteiger partial charge in [0.1, 0.15) is 17.4 Å². The van der Waals surface area contributed by atoms with Crippen molar-refractivity contribution in [3.8, 4) is 5.75 Å². The lowest BCUT2D eigenvalue weighted by atomic mass is 10.2. The number of hydrogen-bond acceptors (Lipinski definition) is 8. The molecule has 2 aromatic heterocycles. The van der Waals surface area contributed by atoms with Crippen molar-refractivity contribution in [3.63, 3.8) is 0 Å². The third kappa shape index (κ3) is 5.62. The van der Waals surface area contributed by atoms with Crippen molar-refractivity contribution in [3.05, 3.63) is 60.3 Å². The zero-order valence-electron chi connectivity index (χ0n) is 16.1. The van der Waals surface area contributed by atoms with Crippen LogP contribution in [0.1, 0.15) is 5.56 Å². The van der Waals surface area contributed by atoms with Crippen LogP contribution in [0.4, 0.5) is 17.5 Å². The Morgan fingerprint density at radius 3 is 2.41 bits per heavy atom. The standard InChI is InChI=1S/C19H22N6O3S/c1-14-13-15(6-7-16(14)28-2)29(26,27)22-12-11-21-18-8-9-19(25-24-18)23-17-5-3-4-10-20-17/h3-10,13,22H,11-12H2,1-2H3,(H,21,24)(H,20,23,25). The highest BCUT2D eigenvalue weighted by Crippen LogP contribution is 2.21. The van der Waals surface area contributed by atoms with Crippen LogP contribution in [0.15, 0.2) is 59.6 Å². The van der Waals surface area contributed by atoms with Crippen LogP contribution in [-0.4, -0.2) is 43.8 Å². The predicted molar refractivity (Wildman–Crippen MR) is 111 cm³/mol. The summed E-state index contributed by atoms with van der Waals surface area (Å²) in [4.78, 5) is 4.35. The van der Waals surface area contributed by atoms with Gasteiger partial charge in [-0.2, -0.15) is 0 Å². The Balaban J connectivity index is 1.49. The number of methoxy groups -OCH3 is 1. The van der Waals surface area contributed by atoms with Crippen LogP contribution in [0.5, 0.6) is 5.75 Å². The Hall–Kier alpha value is -3.24. The third-order valence-electron chi connectivity index (χ3n) is 3.99. The van der Waals surface area contributed by atoms with E-state index in [-0.39, 0.29) is 11.4 Å². The van der Waals surface area contributed by atoms with Crippen LogP contribution in [0.2, 0.25) is 0 Å². The molecule has 3 aromatic rings. The molecule has 0 amide bonds. The number of rotatable bonds is 9. The van der Waals surface area contributed by atoms with Gasteiger partial charge in [0.2, 0.25) is 10.0 Å². The molecule has 29 heavy (non-hydrogen) atoms. The fraction of sp³-hybridized carbons (Fsp3) is 0.211. The van der Waals surface area contributed by atoms with Gasteiger partial charge < -0.3 is 15.4 Å². The Bertz CT molecular complexity index is 1040. The zero-order chi connectivity index (χ0) is 20.7. The Morgan fingerprint density at radius 1 is 0.966 bits per heavy atom. The smallest absolute Gasteiger partial charge is 0.240 e. The van der Waals surface area contributed by atoms with E-state index in [4.69, 9.17) is 4.74 Å². The molecule has 0 aliphatic carbocycles. The van der Waals surface area contributed by atoms with Gasteiger partial charge in [-0.1, -0.05) is 6.07 Å². The second kappa shape index (κ2) is 9.30. The molecule has 0 radical (unpaired) electrons. The molecule has 152 valence electrons. The third-order valence-corrected chi connectivity index (χ3v) is 5.44. The molecule has 0 saturated carbocycles. The molecule has 0 bridgehead atoms. The SMILES string of the molecule is COc1ccc(S(=O)(=O)NCCNc2ccc(Nc3ccccn3)nn2)cc1C. The van der Waals surface area contributed by atoms with Gasteiger partial charge in [-0.05, 0) is 55.0 Å². The van der Waals surface area contributed by atoms with E-state index in [0.29, 0.717) is 29.7 Å². The molecule has 0 unspecified atom stereocenters. The summed E-state index contributed by atoms with van der Waals surface area (Å²) in [6.45, 7) is 2.35. The van der Waals surface area contributed by atoms with E-state index in [2.05, 4.69) is 30.5 Å². The molecule has 0 atom stereocenters. The lowest BCUT2D eigenvalue weighted by Gasteiger charge is -2.10. The fourth-order valence-electron chi connectivity index (χ4n) is 2.54. The van der Waals surface area contributed by atoms with Crippen LogP contribution in [0.3, 0.4) is 0 Å². The van der Waals surface area contributed by atoms with Crippen LogP contribution >= 0.6 is 0 Å². The molecule has 10 heteroatoms. The van der Waals surface area contributed by atoms with Crippen molar-refractivity contribution >= 4 is 27.5 Å². The molecular weight excluding hydrogens is 392 g/mol. The summed E-state index contributed by atoms with van der Waals surface area (Å²) in [5.74, 6) is 2.41. The normalized spacial score (nSPS) is 11.1. The minimum absolute atomic E-state index is 0.195. The monoisotopic (exact) mass is 414 g/mol. The van der Waals surface area contributed by atoms with Gasteiger partial charge in [0.05, 0.1) is 12.0 Å². The van der Waals surface area contributed by atoms with Crippen molar-refractivity contribution in [1.82, 2.24) is 19.9 Å². The number of pyridine rings is 1. The van der Waals surface area contributed by atoms with Crippen molar-refractivity contribution in [2.75, 3.05) is 30.8 Å². The molecule has 3 N–H and O–H groups in total. The van der Waals surface area contributed by atoms with Crippen LogP contribution in [-0.2, 0) is 10.0 Å². The molecule has 0 saturated heterocycles. The number of ether oxygens (including phenoxy) is 1. The Kier molecular flexibility index (Phi) is 6.57. The number of nitrogens with one attached hydrogen (secondary N) is 3. The molecule has 0 aliphatic heterocycles. The van der Waals surface area contributed by atoms with E-state index < -0.39 is 10.0 Å². The van der Waals surface area contributed by atoms with Gasteiger partial charge in [0.25, 0.3) is 0 Å². The minimum Gasteiger partial charge on any atom is -0.496 e. The van der Waals surface area contributed by atoms with Crippen LogP contribution in [0.25, 0.3) is 0 Å². The van der Waals surface area contributed by atoms with Crippen LogP contribution in [0, 0.1) is 6.92 Å². The van der Waals surface area contributed by atoms with Gasteiger partial charge in [0.15, 0.2) is 5.82 Å². The second-order valence-corrected chi connectivity index (χ2v) is 7.87. The maximum Gasteiger partial charge on any atom is 0.240 e. The second-order valence-electron chi connectivity index (χ2n) is 6.10. The van der Waals surface area contributed by atoms with Gasteiger partial charge in [-0.3, -0.25) is 0 Å². The molecule has 0 spiro atoms. The van der Waals surface area contributed by atoms with E-state index in [0.717, 1.165) is 5.56 Å². The molecule has 9 nitrogen and oxygen atoms in total. The number of benzene rings is 1. The first-order chi connectivity index (χ1) is 14.0. The number of anilines is 3. The average molecular weight is 414 g/mol. The summed E-state index contributed by atoms with van der Waals surface area (Å²) in [5, 5.41) is 14.2. The molecular formula is C19H22N6O3S. The number of nitrogens with zero attached hydrogens (tertiary/aromatic N) is 3. The maximum absolute atomic E-state index is 12.4. The Labute approximate surface area is 169 Å². The van der Waals surface area contributed by atoms with E-state index in [1.165, 1.54) is 6.07 Å². The Morgan fingerprint density at radius 2 is 1.76 bits per heavy atom. The highest BCUT2D eigenvalue weighted by Gasteiger charge is 2.14. The number of sulfonamides is 1. The average Bonchev–Trinajstić information content (AvgIpc) is 2.73. The topological polar surface area (TPSA) is 118 Å². The fourth-order valence-corrected chi connectivity index (χ4v) is 3.66. The number of hydrogen-bond donors (Lipinski definition) is 3. The zero-order valence-corrected chi connectivity index (χ0v) is 16.9. The van der Waals surface area contributed by atoms with Gasteiger partial charge >= 0.3 is 0 Å². The van der Waals surface area contributed by atoms with Gasteiger partial charge in [-0.25, -0.2) is 18.1 Å². The van der Waals surface area contributed by atoms with E-state index in [9.17, 15) is 8.42 Å². The van der Waals surface area contributed by atoms with E-state index >= 15 is 0 Å². The highest BCUT2D eigenvalue weighted by atomic mass is 32.2. The summed E-state index contributed by atoms with van der Waals surface area (Å²) in [6, 6.07) is 13.8. The molecule has 0 fully saturated rings. The molecule has 1 aromatic carbocycles. The molecule has 0 aliphatic rings. The molecule has 3 rings (SSSR count). The summed E-state index contributed by atoms with van der Waals surface area (Å²) in [5.41, 5.74) is 0.753. The molecule has 2 heterocycles. The lowest BCUT2D eigenvalue weighted by Crippen LogP contribution is -2.29. The first-order valence-electron chi connectivity index (χ1n) is 8.88. The van der Waals surface area contributed by atoms with Crippen molar-refractivity contribution in [1.29, 1.82) is 0 Å². The number of aryl methyl sites for hydroxylation is 1. The van der Waals surface area contributed by atoms with Crippen molar-refractivity contribution in [2.45, 2.75) is 11.8 Å². The first kappa shape index (κ1) is 20.5. The quantitative estimate of drug-likeness (QED) is 0.457. The summed E-state index contributed by atoms with van der Waals surface area (Å²) in [7, 11) is -2.06. The summed E-state index contributed by atoms with van der Waals surface area (Å²) in [6.07, 6.45) is 1.68. The first-order valence-corrected chi connectivity index (χ1v) is 10.4. The highest BCUT2D eigenvalue weighted by molar-refractivity contribution is 7.89. The minimum atomic E-state index is -3.60. The van der Waals surface area contributed by atoms with E-state index in [1.54, 1.807) is 44.5 Å². The van der Waals surface area contributed by atoms with Crippen molar-refractivity contribution in [2.24, 2.45) is 0 Å². The largest absolute Gasteiger partial charge is 0.496 e. The van der Waals surface area contributed by atoms with Crippen molar-refractivity contribution < 1.29 is 13.2 Å².